The molecule has 3 aromatic rings. The first-order valence-corrected chi connectivity index (χ1v) is 13.6. The van der Waals surface area contributed by atoms with Crippen LogP contribution in [0.1, 0.15) is 39.3 Å². The minimum Gasteiger partial charge on any atom is -0.460 e. The third-order valence-electron chi connectivity index (χ3n) is 6.57. The first-order chi connectivity index (χ1) is 18.6. The van der Waals surface area contributed by atoms with E-state index in [4.69, 9.17) is 9.47 Å². The molecule has 1 aromatic carbocycles. The zero-order chi connectivity index (χ0) is 26.3. The van der Waals surface area contributed by atoms with Crippen molar-refractivity contribution in [2.75, 3.05) is 56.7 Å². The van der Waals surface area contributed by atoms with Crippen LogP contribution in [0, 0.1) is 0 Å². The van der Waals surface area contributed by atoms with E-state index in [1.54, 1.807) is 37.0 Å². The average molecular weight is 538 g/mol. The second-order valence-corrected chi connectivity index (χ2v) is 9.99. The molecule has 0 spiro atoms. The van der Waals surface area contributed by atoms with E-state index in [-0.39, 0.29) is 17.9 Å². The van der Waals surface area contributed by atoms with E-state index < -0.39 is 0 Å². The first-order valence-electron chi connectivity index (χ1n) is 12.7. The summed E-state index contributed by atoms with van der Waals surface area (Å²) in [6.45, 7) is 5.37. The number of benzene rings is 1. The fourth-order valence-electron chi connectivity index (χ4n) is 4.50. The van der Waals surface area contributed by atoms with Crippen LogP contribution in [0.4, 0.5) is 10.8 Å². The quantitative estimate of drug-likeness (QED) is 0.446. The maximum Gasteiger partial charge on any atom is 0.316 e. The zero-order valence-electron chi connectivity index (χ0n) is 21.3. The van der Waals surface area contributed by atoms with Gasteiger partial charge in [-0.25, -0.2) is 15.0 Å². The highest BCUT2D eigenvalue weighted by molar-refractivity contribution is 7.14. The molecule has 0 radical (unpaired) electrons. The minimum atomic E-state index is -0.349. The van der Waals surface area contributed by atoms with Crippen LogP contribution >= 0.6 is 11.3 Å². The summed E-state index contributed by atoms with van der Waals surface area (Å²) in [6.07, 6.45) is 5.00. The van der Waals surface area contributed by atoms with E-state index in [1.807, 2.05) is 12.1 Å². The predicted octanol–water partition coefficient (Wildman–Crippen LogP) is 2.42. The van der Waals surface area contributed by atoms with Gasteiger partial charge in [-0.3, -0.25) is 14.5 Å². The van der Waals surface area contributed by atoms with Gasteiger partial charge in [-0.2, -0.15) is 0 Å². The molecule has 5 rings (SSSR count). The maximum absolute atomic E-state index is 13.1. The van der Waals surface area contributed by atoms with Crippen molar-refractivity contribution in [1.82, 2.24) is 25.2 Å². The molecule has 0 aliphatic carbocycles. The third-order valence-corrected chi connectivity index (χ3v) is 7.47. The molecule has 4 heterocycles. The van der Waals surface area contributed by atoms with Crippen LogP contribution in [-0.2, 0) is 11.3 Å². The third kappa shape index (κ3) is 6.44. The summed E-state index contributed by atoms with van der Waals surface area (Å²) in [5, 5.41) is 8.09. The van der Waals surface area contributed by atoms with Gasteiger partial charge in [0.1, 0.15) is 11.8 Å². The number of hydrogen-bond donors (Lipinski definition) is 2. The number of aromatic nitrogens is 3. The molecular weight excluding hydrogens is 506 g/mol. The van der Waals surface area contributed by atoms with Gasteiger partial charge in [0.15, 0.2) is 5.13 Å². The van der Waals surface area contributed by atoms with Crippen LogP contribution in [0.25, 0.3) is 0 Å². The Balaban J connectivity index is 1.20. The molecule has 38 heavy (non-hydrogen) atoms. The summed E-state index contributed by atoms with van der Waals surface area (Å²) in [5.74, 6) is -0.605. The van der Waals surface area contributed by atoms with Crippen LogP contribution in [0.2, 0.25) is 0 Å². The summed E-state index contributed by atoms with van der Waals surface area (Å²) < 4.78 is 11.3. The molecule has 200 valence electrons. The van der Waals surface area contributed by atoms with Crippen molar-refractivity contribution < 1.29 is 19.1 Å². The Morgan fingerprint density at radius 3 is 2.61 bits per heavy atom. The predicted molar refractivity (Wildman–Crippen MR) is 144 cm³/mol. The van der Waals surface area contributed by atoms with Crippen molar-refractivity contribution in [2.45, 2.75) is 25.5 Å². The molecule has 0 saturated carbocycles. The standard InChI is InChI=1S/C26H31N7O4S/c1-27-23(34)20-15-18(16-32-11-13-36-14-12-32)3-4-21(20)30-24(35)22-17-38-26(31-22)33-9-5-19(6-10-33)37-25-28-7-2-8-29-25/h2-4,7-8,15,17,19H,5-6,9-14,16H2,1H3,(H,27,34)(H,30,35). The maximum atomic E-state index is 13.1. The molecule has 2 N–H and O–H groups in total. The van der Waals surface area contributed by atoms with E-state index in [1.165, 1.54) is 11.3 Å². The highest BCUT2D eigenvalue weighted by Gasteiger charge is 2.24. The van der Waals surface area contributed by atoms with Gasteiger partial charge in [-0.05, 0) is 23.8 Å². The topological polar surface area (TPSA) is 122 Å². The Kier molecular flexibility index (Phi) is 8.41. The van der Waals surface area contributed by atoms with Gasteiger partial charge in [-0.1, -0.05) is 6.07 Å². The van der Waals surface area contributed by atoms with E-state index in [2.05, 4.69) is 35.4 Å². The van der Waals surface area contributed by atoms with E-state index in [0.717, 1.165) is 56.3 Å². The number of morpholine rings is 1. The number of anilines is 2. The van der Waals surface area contributed by atoms with Crippen LogP contribution in [0.15, 0.2) is 42.0 Å². The molecular formula is C26H31N7O4S. The number of carbonyl (C=O) groups is 2. The Morgan fingerprint density at radius 2 is 1.87 bits per heavy atom. The fourth-order valence-corrected chi connectivity index (χ4v) is 5.36. The Bertz CT molecular complexity index is 1240. The number of rotatable bonds is 8. The molecule has 12 heteroatoms. The highest BCUT2D eigenvalue weighted by Crippen LogP contribution is 2.26. The molecule has 11 nitrogen and oxygen atoms in total. The number of nitrogens with one attached hydrogen (secondary N) is 2. The van der Waals surface area contributed by atoms with Gasteiger partial charge < -0.3 is 25.0 Å². The SMILES string of the molecule is CNC(=O)c1cc(CN2CCOCC2)ccc1NC(=O)c1csc(N2CCC(Oc3ncccn3)CC2)n1. The zero-order valence-corrected chi connectivity index (χ0v) is 22.1. The van der Waals surface area contributed by atoms with Crippen molar-refractivity contribution in [1.29, 1.82) is 0 Å². The fraction of sp³-hybridized carbons (Fsp3) is 0.423. The lowest BCUT2D eigenvalue weighted by molar-refractivity contribution is 0.0342. The van der Waals surface area contributed by atoms with Crippen LogP contribution in [0.5, 0.6) is 6.01 Å². The number of carbonyl (C=O) groups excluding carboxylic acids is 2. The second kappa shape index (κ2) is 12.3. The van der Waals surface area contributed by atoms with Gasteiger partial charge in [-0.15, -0.1) is 11.3 Å². The molecule has 0 unspecified atom stereocenters. The summed E-state index contributed by atoms with van der Waals surface area (Å²) in [7, 11) is 1.58. The van der Waals surface area contributed by atoms with E-state index >= 15 is 0 Å². The molecule has 2 aromatic heterocycles. The Labute approximate surface area is 225 Å². The first kappa shape index (κ1) is 26.0. The van der Waals surface area contributed by atoms with Crippen LogP contribution in [-0.4, -0.2) is 84.2 Å². The van der Waals surface area contributed by atoms with E-state index in [9.17, 15) is 9.59 Å². The lowest BCUT2D eigenvalue weighted by Crippen LogP contribution is -2.38. The molecule has 2 amide bonds. The monoisotopic (exact) mass is 537 g/mol. The number of ether oxygens (including phenoxy) is 2. The van der Waals surface area contributed by atoms with Crippen molar-refractivity contribution in [3.05, 3.63) is 58.9 Å². The second-order valence-electron chi connectivity index (χ2n) is 9.15. The highest BCUT2D eigenvalue weighted by atomic mass is 32.1. The minimum absolute atomic E-state index is 0.0470. The molecule has 2 fully saturated rings. The smallest absolute Gasteiger partial charge is 0.316 e. The molecule has 2 aliphatic heterocycles. The Hall–Kier alpha value is -3.61. The van der Waals surface area contributed by atoms with Crippen molar-refractivity contribution in [3.8, 4) is 6.01 Å². The number of hydrogen-bond acceptors (Lipinski definition) is 10. The summed E-state index contributed by atoms with van der Waals surface area (Å²) in [5.41, 5.74) is 2.20. The largest absolute Gasteiger partial charge is 0.460 e. The van der Waals surface area contributed by atoms with Gasteiger partial charge in [0.25, 0.3) is 11.8 Å². The van der Waals surface area contributed by atoms with Gasteiger partial charge in [0, 0.05) is 70.4 Å². The molecule has 0 bridgehead atoms. The lowest BCUT2D eigenvalue weighted by Gasteiger charge is -2.31. The lowest BCUT2D eigenvalue weighted by atomic mass is 10.1. The molecule has 0 atom stereocenters. The number of thiazole rings is 1. The van der Waals surface area contributed by atoms with Crippen LogP contribution in [0.3, 0.4) is 0 Å². The summed E-state index contributed by atoms with van der Waals surface area (Å²) in [4.78, 5) is 42.9. The van der Waals surface area contributed by atoms with Crippen molar-refractivity contribution in [3.63, 3.8) is 0 Å². The van der Waals surface area contributed by atoms with E-state index in [0.29, 0.717) is 36.2 Å². The summed E-state index contributed by atoms with van der Waals surface area (Å²) >= 11 is 1.43. The van der Waals surface area contributed by atoms with Crippen LogP contribution < -0.4 is 20.3 Å². The van der Waals surface area contributed by atoms with Crippen molar-refractivity contribution >= 4 is 34.0 Å². The normalized spacial score (nSPS) is 16.7. The average Bonchev–Trinajstić information content (AvgIpc) is 3.46. The van der Waals surface area contributed by atoms with Crippen molar-refractivity contribution in [2.24, 2.45) is 0 Å². The molecule has 2 saturated heterocycles. The molecule has 2 aliphatic rings. The summed E-state index contributed by atoms with van der Waals surface area (Å²) in [6, 6.07) is 7.71. The Morgan fingerprint density at radius 1 is 1.11 bits per heavy atom. The number of piperidine rings is 1. The van der Waals surface area contributed by atoms with Gasteiger partial charge in [0.2, 0.25) is 0 Å². The van der Waals surface area contributed by atoms with Gasteiger partial charge >= 0.3 is 6.01 Å². The number of nitrogens with zero attached hydrogens (tertiary/aromatic N) is 5. The van der Waals surface area contributed by atoms with Gasteiger partial charge in [0.05, 0.1) is 24.5 Å². The number of amides is 2.